The van der Waals surface area contributed by atoms with Crippen LogP contribution < -0.4 is 0 Å². The summed E-state index contributed by atoms with van der Waals surface area (Å²) >= 11 is 0. The first-order valence-corrected chi connectivity index (χ1v) is 17.8. The summed E-state index contributed by atoms with van der Waals surface area (Å²) in [5.41, 5.74) is 1.74. The van der Waals surface area contributed by atoms with Crippen molar-refractivity contribution in [1.82, 2.24) is 0 Å². The van der Waals surface area contributed by atoms with Gasteiger partial charge in [-0.25, -0.2) is 9.59 Å². The van der Waals surface area contributed by atoms with Crippen molar-refractivity contribution in [3.05, 3.63) is 47.5 Å². The fourth-order valence-corrected chi connectivity index (χ4v) is 13.1. The van der Waals surface area contributed by atoms with Crippen molar-refractivity contribution in [3.63, 3.8) is 0 Å². The minimum atomic E-state index is -1.11. The molecule has 0 amide bonds. The Hall–Kier alpha value is -2.63. The van der Waals surface area contributed by atoms with Crippen LogP contribution in [0.4, 0.5) is 0 Å². The summed E-state index contributed by atoms with van der Waals surface area (Å²) in [5.74, 6) is 0.625. The number of hydrogen-bond acceptors (Lipinski definition) is 5. The Kier molecular flexibility index (Phi) is 8.12. The van der Waals surface area contributed by atoms with Gasteiger partial charge in [-0.05, 0) is 129 Å². The minimum Gasteiger partial charge on any atom is -0.478 e. The van der Waals surface area contributed by atoms with Gasteiger partial charge in [0.05, 0.1) is 17.7 Å². The van der Waals surface area contributed by atoms with Gasteiger partial charge in [-0.2, -0.15) is 0 Å². The number of carbonyl (C=O) groups is 3. The summed E-state index contributed by atoms with van der Waals surface area (Å²) in [6.45, 7) is 21.1. The highest BCUT2D eigenvalue weighted by atomic mass is 16.5. The number of esters is 2. The van der Waals surface area contributed by atoms with Crippen LogP contribution in [0.5, 0.6) is 0 Å². The van der Waals surface area contributed by atoms with E-state index in [-0.39, 0.29) is 50.3 Å². The fraction of sp³-hybridized carbons (Fsp3) is 0.725. The summed E-state index contributed by atoms with van der Waals surface area (Å²) in [6, 6.07) is 6.37. The van der Waals surface area contributed by atoms with E-state index in [1.54, 1.807) is 25.1 Å². The molecule has 6 heteroatoms. The zero-order valence-electron chi connectivity index (χ0n) is 29.2. The van der Waals surface area contributed by atoms with Crippen LogP contribution >= 0.6 is 0 Å². The van der Waals surface area contributed by atoms with Crippen molar-refractivity contribution in [2.45, 2.75) is 119 Å². The largest absolute Gasteiger partial charge is 0.478 e. The monoisotopic (exact) mass is 632 g/mol. The lowest BCUT2D eigenvalue weighted by molar-refractivity contribution is -0.251. The number of allylic oxidation sites excluding steroid dienone is 1. The number of carboxylic acid groups (broad SMARTS) is 1. The van der Waals surface area contributed by atoms with E-state index in [1.807, 2.05) is 0 Å². The fourth-order valence-electron chi connectivity index (χ4n) is 13.1. The van der Waals surface area contributed by atoms with Crippen molar-refractivity contribution in [2.24, 2.45) is 56.7 Å². The molecule has 1 aromatic carbocycles. The summed E-state index contributed by atoms with van der Waals surface area (Å²) in [4.78, 5) is 37.2. The lowest BCUT2D eigenvalue weighted by Gasteiger charge is -2.73. The van der Waals surface area contributed by atoms with Gasteiger partial charge in [-0.3, -0.25) is 4.79 Å². The maximum absolute atomic E-state index is 13.4. The molecular weight excluding hydrogens is 576 g/mol. The molecule has 0 bridgehead atoms. The molecule has 5 aliphatic rings. The smallest absolute Gasteiger partial charge is 0.339 e. The molecule has 1 N–H and O–H groups in total. The van der Waals surface area contributed by atoms with E-state index in [1.165, 1.54) is 30.9 Å². The Morgan fingerprint density at radius 2 is 1.52 bits per heavy atom. The van der Waals surface area contributed by atoms with E-state index in [0.717, 1.165) is 44.9 Å². The van der Waals surface area contributed by atoms with Gasteiger partial charge in [-0.15, -0.1) is 0 Å². The number of ether oxygens (including phenoxy) is 2. The number of aromatic carboxylic acids is 1. The lowest BCUT2D eigenvalue weighted by atomic mass is 9.32. The molecule has 0 heterocycles. The summed E-state index contributed by atoms with van der Waals surface area (Å²) < 4.78 is 12.0. The second-order valence-corrected chi connectivity index (χ2v) is 17.4. The average molecular weight is 633 g/mol. The van der Waals surface area contributed by atoms with E-state index < -0.39 is 11.9 Å². The number of hydrogen-bond donors (Lipinski definition) is 1. The molecule has 5 aliphatic carbocycles. The molecule has 1 aromatic rings. The molecule has 5 fully saturated rings. The van der Waals surface area contributed by atoms with Gasteiger partial charge in [0.25, 0.3) is 0 Å². The van der Waals surface area contributed by atoms with Crippen molar-refractivity contribution in [2.75, 3.05) is 6.61 Å². The SMILES string of the molecule is C=C(C)C1CC[C@]2(COC(=O)c3ccccc3C(=O)O)CC[C@]3(C)[C@H](CC[C@@H]4[C@@]5(C)CCC(OC(C)=O)C(C)(C)C5CC[C@]43C)C12. The van der Waals surface area contributed by atoms with Crippen LogP contribution in [0, 0.1) is 56.7 Å². The third-order valence-electron chi connectivity index (χ3n) is 15.4. The molecule has 0 radical (unpaired) electrons. The van der Waals surface area contributed by atoms with Gasteiger partial charge in [0.1, 0.15) is 6.10 Å². The highest BCUT2D eigenvalue weighted by molar-refractivity contribution is 6.02. The van der Waals surface area contributed by atoms with E-state index >= 15 is 0 Å². The maximum atomic E-state index is 13.4. The van der Waals surface area contributed by atoms with Crippen LogP contribution in [-0.4, -0.2) is 35.7 Å². The summed E-state index contributed by atoms with van der Waals surface area (Å²) in [7, 11) is 0. The minimum absolute atomic E-state index is 0.00980. The van der Waals surface area contributed by atoms with Crippen molar-refractivity contribution < 1.29 is 29.0 Å². The van der Waals surface area contributed by atoms with Crippen molar-refractivity contribution in [1.29, 1.82) is 0 Å². The first kappa shape index (κ1) is 33.3. The van der Waals surface area contributed by atoms with E-state index in [2.05, 4.69) is 48.1 Å². The molecule has 10 atom stereocenters. The van der Waals surface area contributed by atoms with Gasteiger partial charge in [0, 0.05) is 17.8 Å². The predicted octanol–water partition coefficient (Wildman–Crippen LogP) is 9.13. The van der Waals surface area contributed by atoms with Gasteiger partial charge >= 0.3 is 17.9 Å². The van der Waals surface area contributed by atoms with Crippen molar-refractivity contribution >= 4 is 17.9 Å². The zero-order valence-corrected chi connectivity index (χ0v) is 29.2. The van der Waals surface area contributed by atoms with Crippen LogP contribution in [0.3, 0.4) is 0 Å². The van der Waals surface area contributed by atoms with Gasteiger partial charge in [0.15, 0.2) is 0 Å². The number of carboxylic acids is 1. The second kappa shape index (κ2) is 11.2. The molecule has 0 aromatic heterocycles. The zero-order chi connectivity index (χ0) is 33.4. The van der Waals surface area contributed by atoms with E-state index in [4.69, 9.17) is 9.47 Å². The number of fused-ring (bicyclic) bond motifs is 7. The third kappa shape index (κ3) is 4.73. The van der Waals surface area contributed by atoms with Gasteiger partial charge in [0.2, 0.25) is 0 Å². The molecule has 0 aliphatic heterocycles. The van der Waals surface area contributed by atoms with Crippen LogP contribution in [0.25, 0.3) is 0 Å². The van der Waals surface area contributed by atoms with Crippen LogP contribution in [0.2, 0.25) is 0 Å². The van der Waals surface area contributed by atoms with Crippen LogP contribution in [-0.2, 0) is 14.3 Å². The average Bonchev–Trinajstić information content (AvgIpc) is 3.38. The number of carbonyl (C=O) groups excluding carboxylic acids is 2. The maximum Gasteiger partial charge on any atom is 0.339 e. The van der Waals surface area contributed by atoms with E-state index in [9.17, 15) is 19.5 Å². The molecular formula is C40H56O6. The molecule has 46 heavy (non-hydrogen) atoms. The Morgan fingerprint density at radius 3 is 2.17 bits per heavy atom. The van der Waals surface area contributed by atoms with Crippen molar-refractivity contribution in [3.8, 4) is 0 Å². The second-order valence-electron chi connectivity index (χ2n) is 17.4. The molecule has 4 unspecified atom stereocenters. The highest BCUT2D eigenvalue weighted by Crippen LogP contribution is 2.77. The summed E-state index contributed by atoms with van der Waals surface area (Å²) in [5, 5.41) is 9.68. The van der Waals surface area contributed by atoms with Crippen LogP contribution in [0.15, 0.2) is 36.4 Å². The molecule has 6 rings (SSSR count). The molecule has 0 saturated heterocycles. The van der Waals surface area contributed by atoms with Gasteiger partial charge < -0.3 is 14.6 Å². The molecule has 6 nitrogen and oxygen atoms in total. The highest BCUT2D eigenvalue weighted by Gasteiger charge is 2.71. The first-order valence-electron chi connectivity index (χ1n) is 17.8. The van der Waals surface area contributed by atoms with Gasteiger partial charge in [-0.1, -0.05) is 58.9 Å². The Labute approximate surface area is 276 Å². The topological polar surface area (TPSA) is 89.9 Å². The quantitative estimate of drug-likeness (QED) is 0.249. The molecule has 0 spiro atoms. The Morgan fingerprint density at radius 1 is 0.826 bits per heavy atom. The van der Waals surface area contributed by atoms with Crippen LogP contribution in [0.1, 0.15) is 133 Å². The molecule has 5 saturated carbocycles. The standard InChI is InChI=1S/C40H56O6/c1-24(2)26-15-20-40(23-45-35(44)28-12-10-9-11-27(28)34(42)43)22-21-38(7)29(33(26)40)13-14-31-37(6)18-17-32(46-25(3)41)36(4,5)30(37)16-19-39(31,38)8/h9-12,26,29-33H,1,13-23H2,2-8H3,(H,42,43)/t26?,29-,30?,31-,32?,33?,37+,38-,39-,40-/m1/s1. The normalized spacial score (nSPS) is 42.4. The first-order chi connectivity index (χ1) is 21.5. The number of rotatable bonds is 6. The molecule has 252 valence electrons. The predicted molar refractivity (Wildman–Crippen MR) is 178 cm³/mol. The Bertz CT molecular complexity index is 1430. The Balaban J connectivity index is 1.30. The number of benzene rings is 1. The lowest BCUT2D eigenvalue weighted by Crippen LogP contribution is -2.67. The van der Waals surface area contributed by atoms with E-state index in [0.29, 0.717) is 36.2 Å². The summed E-state index contributed by atoms with van der Waals surface area (Å²) in [6.07, 6.45) is 11.0. The third-order valence-corrected chi connectivity index (χ3v) is 15.4.